The van der Waals surface area contributed by atoms with Crippen LogP contribution < -0.4 is 11.5 Å². The molecule has 0 saturated heterocycles. The Kier molecular flexibility index (Phi) is 7.26. The van der Waals surface area contributed by atoms with E-state index in [2.05, 4.69) is 4.99 Å². The van der Waals surface area contributed by atoms with Crippen LogP contribution in [-0.4, -0.2) is 22.9 Å². The smallest absolute Gasteiger partial charge is 0.198 e. The average molecular weight is 304 g/mol. The minimum Gasteiger partial charge on any atom is -0.370 e. The van der Waals surface area contributed by atoms with E-state index in [1.807, 2.05) is 26.0 Å². The first-order valence-electron chi connectivity index (χ1n) is 5.59. The Balaban J connectivity index is 0.00000324. The molecule has 1 aromatic rings. The highest BCUT2D eigenvalue weighted by Gasteiger charge is 2.14. The highest BCUT2D eigenvalue weighted by molar-refractivity contribution is 6.30. The predicted octanol–water partition coefficient (Wildman–Crippen LogP) is 2.18. The van der Waals surface area contributed by atoms with Gasteiger partial charge in [-0.1, -0.05) is 23.7 Å². The Morgan fingerprint density at radius 1 is 1.32 bits per heavy atom. The van der Waals surface area contributed by atoms with E-state index in [1.54, 1.807) is 12.1 Å². The van der Waals surface area contributed by atoms with Crippen molar-refractivity contribution in [1.82, 2.24) is 4.90 Å². The molecule has 1 aromatic carbocycles. The molecular weight excluding hydrogens is 285 g/mol. The fourth-order valence-electron chi connectivity index (χ4n) is 1.50. The van der Waals surface area contributed by atoms with E-state index in [-0.39, 0.29) is 30.4 Å². The molecular formula is C12H19Cl2N5. The summed E-state index contributed by atoms with van der Waals surface area (Å²) in [6.45, 7) is 4.22. The molecule has 19 heavy (non-hydrogen) atoms. The Morgan fingerprint density at radius 3 is 2.26 bits per heavy atom. The number of nitrogens with two attached hydrogens (primary N) is 2. The lowest BCUT2D eigenvalue weighted by Crippen LogP contribution is -2.49. The molecule has 5 N–H and O–H groups in total. The summed E-state index contributed by atoms with van der Waals surface area (Å²) in [4.78, 5) is 5.69. The Hall–Kier alpha value is -1.46. The van der Waals surface area contributed by atoms with Gasteiger partial charge in [-0.2, -0.15) is 0 Å². The zero-order valence-electron chi connectivity index (χ0n) is 10.9. The molecule has 0 spiro atoms. The molecule has 1 rings (SSSR count). The highest BCUT2D eigenvalue weighted by Crippen LogP contribution is 2.10. The van der Waals surface area contributed by atoms with Gasteiger partial charge in [-0.05, 0) is 31.5 Å². The van der Waals surface area contributed by atoms with E-state index >= 15 is 0 Å². The van der Waals surface area contributed by atoms with Crippen LogP contribution in [0.4, 0.5) is 0 Å². The van der Waals surface area contributed by atoms with Crippen molar-refractivity contribution in [2.45, 2.75) is 26.4 Å². The molecule has 0 bridgehead atoms. The largest absolute Gasteiger partial charge is 0.370 e. The summed E-state index contributed by atoms with van der Waals surface area (Å²) >= 11 is 5.79. The van der Waals surface area contributed by atoms with Gasteiger partial charge in [-0.3, -0.25) is 10.3 Å². The van der Waals surface area contributed by atoms with E-state index in [0.717, 1.165) is 5.56 Å². The van der Waals surface area contributed by atoms with Crippen molar-refractivity contribution in [2.24, 2.45) is 16.5 Å². The predicted molar refractivity (Wildman–Crippen MR) is 82.9 cm³/mol. The van der Waals surface area contributed by atoms with Crippen LogP contribution in [0.5, 0.6) is 0 Å². The molecule has 0 saturated carbocycles. The molecule has 0 heterocycles. The molecule has 5 nitrogen and oxygen atoms in total. The monoisotopic (exact) mass is 303 g/mol. The summed E-state index contributed by atoms with van der Waals surface area (Å²) in [7, 11) is 0. The summed E-state index contributed by atoms with van der Waals surface area (Å²) in [6, 6.07) is 7.36. The Bertz CT molecular complexity index is 442. The van der Waals surface area contributed by atoms with Crippen LogP contribution >= 0.6 is 24.0 Å². The fourth-order valence-corrected chi connectivity index (χ4v) is 1.63. The third-order valence-corrected chi connectivity index (χ3v) is 2.61. The molecule has 0 aromatic heterocycles. The molecule has 0 aliphatic carbocycles. The Morgan fingerprint density at radius 2 is 1.84 bits per heavy atom. The van der Waals surface area contributed by atoms with E-state index in [1.165, 1.54) is 4.90 Å². The van der Waals surface area contributed by atoms with E-state index < -0.39 is 0 Å². The summed E-state index contributed by atoms with van der Waals surface area (Å²) in [5.41, 5.74) is 12.3. The normalized spacial score (nSPS) is 11.1. The SMILES string of the molecule is CC(C)N(C(=N)N)C(N)=NCc1ccc(Cl)cc1.Cl. The van der Waals surface area contributed by atoms with Gasteiger partial charge in [0.1, 0.15) is 0 Å². The molecule has 0 radical (unpaired) electrons. The summed E-state index contributed by atoms with van der Waals surface area (Å²) in [5, 5.41) is 8.13. The Labute approximate surface area is 124 Å². The van der Waals surface area contributed by atoms with Gasteiger partial charge in [0.25, 0.3) is 0 Å². The molecule has 0 aliphatic rings. The van der Waals surface area contributed by atoms with Crippen molar-refractivity contribution in [2.75, 3.05) is 0 Å². The van der Waals surface area contributed by atoms with Crippen LogP contribution in [0, 0.1) is 5.41 Å². The average Bonchev–Trinajstić information content (AvgIpc) is 2.27. The zero-order chi connectivity index (χ0) is 13.7. The topological polar surface area (TPSA) is 91.5 Å². The molecule has 0 atom stereocenters. The minimum atomic E-state index is -0.109. The van der Waals surface area contributed by atoms with Crippen LogP contribution in [0.25, 0.3) is 0 Å². The maximum absolute atomic E-state index is 7.45. The number of hydrogen-bond acceptors (Lipinski definition) is 2. The van der Waals surface area contributed by atoms with Gasteiger partial charge in [0.05, 0.1) is 6.54 Å². The molecule has 0 fully saturated rings. The first kappa shape index (κ1) is 17.5. The lowest BCUT2D eigenvalue weighted by molar-refractivity contribution is 0.485. The number of rotatable bonds is 3. The molecule has 7 heteroatoms. The fraction of sp³-hybridized carbons (Fsp3) is 0.333. The summed E-state index contributed by atoms with van der Waals surface area (Å²) in [6.07, 6.45) is 0. The van der Waals surface area contributed by atoms with Crippen LogP contribution in [0.1, 0.15) is 19.4 Å². The van der Waals surface area contributed by atoms with Gasteiger partial charge in [0.15, 0.2) is 11.9 Å². The highest BCUT2D eigenvalue weighted by atomic mass is 35.5. The van der Waals surface area contributed by atoms with Crippen molar-refractivity contribution in [3.8, 4) is 0 Å². The first-order valence-corrected chi connectivity index (χ1v) is 5.97. The molecule has 106 valence electrons. The van der Waals surface area contributed by atoms with E-state index in [4.69, 9.17) is 28.5 Å². The van der Waals surface area contributed by atoms with Gasteiger partial charge < -0.3 is 11.5 Å². The maximum atomic E-state index is 7.45. The summed E-state index contributed by atoms with van der Waals surface area (Å²) in [5.74, 6) is 0.134. The molecule has 0 amide bonds. The van der Waals surface area contributed by atoms with Crippen LogP contribution in [0.2, 0.25) is 5.02 Å². The van der Waals surface area contributed by atoms with Gasteiger partial charge >= 0.3 is 0 Å². The lowest BCUT2D eigenvalue weighted by atomic mass is 10.2. The number of benzene rings is 1. The molecule has 0 aliphatic heterocycles. The number of nitrogens with zero attached hydrogens (tertiary/aromatic N) is 2. The first-order chi connectivity index (χ1) is 8.41. The van der Waals surface area contributed by atoms with Gasteiger partial charge in [-0.25, -0.2) is 4.99 Å². The number of aliphatic imine (C=N–C) groups is 1. The van der Waals surface area contributed by atoms with Gasteiger partial charge in [-0.15, -0.1) is 12.4 Å². The lowest BCUT2D eigenvalue weighted by Gasteiger charge is -2.25. The molecule has 0 unspecified atom stereocenters. The van der Waals surface area contributed by atoms with Crippen molar-refractivity contribution >= 4 is 35.9 Å². The van der Waals surface area contributed by atoms with Gasteiger partial charge in [0, 0.05) is 11.1 Å². The van der Waals surface area contributed by atoms with E-state index in [9.17, 15) is 0 Å². The van der Waals surface area contributed by atoms with Crippen LogP contribution in [0.15, 0.2) is 29.3 Å². The third-order valence-electron chi connectivity index (χ3n) is 2.36. The second-order valence-corrected chi connectivity index (χ2v) is 4.59. The quantitative estimate of drug-likeness (QED) is 0.590. The second kappa shape index (κ2) is 7.86. The number of hydrogen-bond donors (Lipinski definition) is 3. The number of halogens is 2. The number of guanidine groups is 2. The third kappa shape index (κ3) is 5.36. The van der Waals surface area contributed by atoms with Crippen molar-refractivity contribution in [3.05, 3.63) is 34.9 Å². The van der Waals surface area contributed by atoms with Crippen molar-refractivity contribution < 1.29 is 0 Å². The van der Waals surface area contributed by atoms with E-state index in [0.29, 0.717) is 11.6 Å². The number of nitrogens with one attached hydrogen (secondary N) is 1. The zero-order valence-corrected chi connectivity index (χ0v) is 12.5. The second-order valence-electron chi connectivity index (χ2n) is 4.15. The standard InChI is InChI=1S/C12H18ClN5.ClH/c1-8(2)18(11(14)15)12(16)17-7-9-3-5-10(13)6-4-9;/h3-6,8H,7H2,1-2H3,(H3,14,15)(H2,16,17);1H. The van der Waals surface area contributed by atoms with Crippen LogP contribution in [-0.2, 0) is 6.54 Å². The maximum Gasteiger partial charge on any atom is 0.198 e. The van der Waals surface area contributed by atoms with Gasteiger partial charge in [0.2, 0.25) is 0 Å². The summed E-state index contributed by atoms with van der Waals surface area (Å²) < 4.78 is 0. The van der Waals surface area contributed by atoms with Crippen molar-refractivity contribution in [1.29, 1.82) is 5.41 Å². The minimum absolute atomic E-state index is 0. The van der Waals surface area contributed by atoms with Crippen molar-refractivity contribution in [3.63, 3.8) is 0 Å². The van der Waals surface area contributed by atoms with Crippen LogP contribution in [0.3, 0.4) is 0 Å².